The topological polar surface area (TPSA) is 66.5 Å². The number of nitrogens with one attached hydrogen (secondary N) is 2. The number of nitrogens with zero attached hydrogens (tertiary/aromatic N) is 1. The van der Waals surface area contributed by atoms with Gasteiger partial charge >= 0.3 is 0 Å². The number of H-pyrrole nitrogens is 1. The smallest absolute Gasteiger partial charge is 0.288 e. The molecule has 0 atom stereocenters. The number of carbonyl (C=O) groups is 1. The van der Waals surface area contributed by atoms with Crippen LogP contribution in [0.1, 0.15) is 21.6 Å². The van der Waals surface area contributed by atoms with Crippen LogP contribution < -0.4 is 10.2 Å². The highest BCUT2D eigenvalue weighted by molar-refractivity contribution is 6.01. The minimum Gasteiger partial charge on any atom is -0.497 e. The lowest BCUT2D eigenvalue weighted by molar-refractivity contribution is 0.0950. The van der Waals surface area contributed by atoms with Gasteiger partial charge in [0, 0.05) is 10.9 Å². The fourth-order valence-corrected chi connectivity index (χ4v) is 2.42. The Bertz CT molecular complexity index is 864. The minimum absolute atomic E-state index is 0.261. The monoisotopic (exact) mass is 307 g/mol. The van der Waals surface area contributed by atoms with Crippen molar-refractivity contribution >= 4 is 23.0 Å². The summed E-state index contributed by atoms with van der Waals surface area (Å²) in [4.78, 5) is 15.4. The quantitative estimate of drug-likeness (QED) is 0.574. The number of carbonyl (C=O) groups excluding carboxylic acids is 1. The van der Waals surface area contributed by atoms with E-state index in [9.17, 15) is 4.79 Å². The summed E-state index contributed by atoms with van der Waals surface area (Å²) in [6.07, 6.45) is 1.59. The third-order valence-corrected chi connectivity index (χ3v) is 3.69. The van der Waals surface area contributed by atoms with Gasteiger partial charge in [-0.25, -0.2) is 5.43 Å². The van der Waals surface area contributed by atoms with Gasteiger partial charge in [0.05, 0.1) is 13.3 Å². The van der Waals surface area contributed by atoms with E-state index < -0.39 is 0 Å². The van der Waals surface area contributed by atoms with E-state index in [1.807, 2.05) is 55.5 Å². The molecule has 5 heteroatoms. The van der Waals surface area contributed by atoms with Crippen LogP contribution in [0.3, 0.4) is 0 Å². The number of aromatic nitrogens is 1. The van der Waals surface area contributed by atoms with E-state index in [1.165, 1.54) is 0 Å². The first-order valence-electron chi connectivity index (χ1n) is 7.24. The zero-order chi connectivity index (χ0) is 16.2. The van der Waals surface area contributed by atoms with Gasteiger partial charge in [0.25, 0.3) is 5.91 Å². The third-order valence-electron chi connectivity index (χ3n) is 3.69. The highest BCUT2D eigenvalue weighted by atomic mass is 16.5. The fraction of sp³-hybridized carbons (Fsp3) is 0.111. The first kappa shape index (κ1) is 14.8. The Morgan fingerprint density at radius 1 is 1.17 bits per heavy atom. The molecule has 1 aromatic heterocycles. The van der Waals surface area contributed by atoms with Gasteiger partial charge in [0.1, 0.15) is 11.4 Å². The van der Waals surface area contributed by atoms with Gasteiger partial charge in [-0.05, 0) is 48.4 Å². The Kier molecular flexibility index (Phi) is 4.10. The summed E-state index contributed by atoms with van der Waals surface area (Å²) in [7, 11) is 1.62. The molecule has 0 fully saturated rings. The van der Waals surface area contributed by atoms with Crippen LogP contribution in [-0.2, 0) is 0 Å². The predicted octanol–water partition coefficient (Wildman–Crippen LogP) is 3.25. The lowest BCUT2D eigenvalue weighted by Crippen LogP contribution is -2.18. The van der Waals surface area contributed by atoms with Crippen molar-refractivity contribution in [3.05, 3.63) is 65.4 Å². The molecule has 1 heterocycles. The van der Waals surface area contributed by atoms with Gasteiger partial charge in [-0.2, -0.15) is 5.10 Å². The molecule has 0 aliphatic rings. The highest BCUT2D eigenvalue weighted by Gasteiger charge is 2.13. The van der Waals surface area contributed by atoms with E-state index in [1.54, 1.807) is 13.3 Å². The molecule has 0 saturated carbocycles. The van der Waals surface area contributed by atoms with Crippen molar-refractivity contribution in [1.29, 1.82) is 0 Å². The average Bonchev–Trinajstić information content (AvgIpc) is 2.93. The summed E-state index contributed by atoms with van der Waals surface area (Å²) in [6, 6.07) is 15.2. The van der Waals surface area contributed by atoms with Crippen LogP contribution >= 0.6 is 0 Å². The number of ether oxygens (including phenoxy) is 1. The predicted molar refractivity (Wildman–Crippen MR) is 91.1 cm³/mol. The van der Waals surface area contributed by atoms with E-state index in [0.29, 0.717) is 5.69 Å². The maximum atomic E-state index is 12.2. The second kappa shape index (κ2) is 6.36. The van der Waals surface area contributed by atoms with Crippen LogP contribution in [0.2, 0.25) is 0 Å². The Labute approximate surface area is 134 Å². The van der Waals surface area contributed by atoms with Crippen molar-refractivity contribution in [1.82, 2.24) is 10.4 Å². The standard InChI is InChI=1S/C18H17N3O2/c1-12-15-5-3-4-6-16(15)20-17(12)18(22)21-19-11-13-7-9-14(23-2)10-8-13/h3-11,20H,1-2H3,(H,21,22)/b19-11+. The Morgan fingerprint density at radius 3 is 2.61 bits per heavy atom. The molecular formula is C18H17N3O2. The molecule has 0 aliphatic carbocycles. The molecule has 2 N–H and O–H groups in total. The molecule has 0 radical (unpaired) electrons. The van der Waals surface area contributed by atoms with E-state index in [-0.39, 0.29) is 5.91 Å². The van der Waals surface area contributed by atoms with Crippen molar-refractivity contribution in [3.63, 3.8) is 0 Å². The fourth-order valence-electron chi connectivity index (χ4n) is 2.42. The first-order chi connectivity index (χ1) is 11.2. The molecule has 0 bridgehead atoms. The number of benzene rings is 2. The van der Waals surface area contributed by atoms with Crippen LogP contribution in [-0.4, -0.2) is 24.2 Å². The molecule has 0 spiro atoms. The summed E-state index contributed by atoms with van der Waals surface area (Å²) in [5.74, 6) is 0.517. The molecule has 3 aromatic rings. The summed E-state index contributed by atoms with van der Waals surface area (Å²) in [6.45, 7) is 1.92. The number of rotatable bonds is 4. The van der Waals surface area contributed by atoms with Crippen molar-refractivity contribution in [3.8, 4) is 5.75 Å². The normalized spacial score (nSPS) is 11.0. The maximum Gasteiger partial charge on any atom is 0.288 e. The molecule has 2 aromatic carbocycles. The van der Waals surface area contributed by atoms with E-state index in [2.05, 4.69) is 15.5 Å². The van der Waals surface area contributed by atoms with Gasteiger partial charge in [0.2, 0.25) is 0 Å². The molecule has 0 unspecified atom stereocenters. The second-order valence-corrected chi connectivity index (χ2v) is 5.14. The van der Waals surface area contributed by atoms with Gasteiger partial charge in [0.15, 0.2) is 0 Å². The Morgan fingerprint density at radius 2 is 1.91 bits per heavy atom. The molecule has 23 heavy (non-hydrogen) atoms. The minimum atomic E-state index is -0.261. The van der Waals surface area contributed by atoms with Gasteiger partial charge in [-0.1, -0.05) is 18.2 Å². The molecule has 116 valence electrons. The molecule has 0 saturated heterocycles. The zero-order valence-corrected chi connectivity index (χ0v) is 13.0. The number of para-hydroxylation sites is 1. The number of aryl methyl sites for hydroxylation is 1. The molecule has 0 aliphatic heterocycles. The van der Waals surface area contributed by atoms with E-state index in [4.69, 9.17) is 4.74 Å². The van der Waals surface area contributed by atoms with Crippen molar-refractivity contribution in [2.75, 3.05) is 7.11 Å². The van der Waals surface area contributed by atoms with Crippen LogP contribution in [0.5, 0.6) is 5.75 Å². The van der Waals surface area contributed by atoms with Crippen molar-refractivity contribution < 1.29 is 9.53 Å². The number of fused-ring (bicyclic) bond motifs is 1. The third kappa shape index (κ3) is 3.08. The summed E-state index contributed by atoms with van der Waals surface area (Å²) >= 11 is 0. The maximum absolute atomic E-state index is 12.2. The Balaban J connectivity index is 1.72. The number of hydrazone groups is 1. The van der Waals surface area contributed by atoms with Crippen LogP contribution in [0.25, 0.3) is 10.9 Å². The van der Waals surface area contributed by atoms with Gasteiger partial charge < -0.3 is 9.72 Å². The summed E-state index contributed by atoms with van der Waals surface area (Å²) in [5.41, 5.74) is 5.80. The SMILES string of the molecule is COc1ccc(/C=N/NC(=O)c2[nH]c3ccccc3c2C)cc1. The van der Waals surface area contributed by atoms with E-state index >= 15 is 0 Å². The second-order valence-electron chi connectivity index (χ2n) is 5.14. The van der Waals surface area contributed by atoms with E-state index in [0.717, 1.165) is 27.8 Å². The van der Waals surface area contributed by atoms with Crippen molar-refractivity contribution in [2.45, 2.75) is 6.92 Å². The Hall–Kier alpha value is -3.08. The van der Waals surface area contributed by atoms with Crippen LogP contribution in [0.15, 0.2) is 53.6 Å². The average molecular weight is 307 g/mol. The number of aromatic amines is 1. The molecule has 5 nitrogen and oxygen atoms in total. The lowest BCUT2D eigenvalue weighted by Gasteiger charge is -2.00. The molecular weight excluding hydrogens is 290 g/mol. The lowest BCUT2D eigenvalue weighted by atomic mass is 10.1. The number of hydrogen-bond donors (Lipinski definition) is 2. The van der Waals surface area contributed by atoms with Crippen LogP contribution in [0.4, 0.5) is 0 Å². The molecule has 1 amide bonds. The highest BCUT2D eigenvalue weighted by Crippen LogP contribution is 2.21. The molecule has 3 rings (SSSR count). The summed E-state index contributed by atoms with van der Waals surface area (Å²) < 4.78 is 5.09. The number of hydrogen-bond acceptors (Lipinski definition) is 3. The summed E-state index contributed by atoms with van der Waals surface area (Å²) in [5, 5.41) is 5.04. The number of methoxy groups -OCH3 is 1. The number of amides is 1. The zero-order valence-electron chi connectivity index (χ0n) is 13.0. The van der Waals surface area contributed by atoms with Gasteiger partial charge in [-0.3, -0.25) is 4.79 Å². The largest absolute Gasteiger partial charge is 0.497 e. The van der Waals surface area contributed by atoms with Crippen LogP contribution in [0, 0.1) is 6.92 Å². The first-order valence-corrected chi connectivity index (χ1v) is 7.24. The van der Waals surface area contributed by atoms with Gasteiger partial charge in [-0.15, -0.1) is 0 Å². The van der Waals surface area contributed by atoms with Crippen molar-refractivity contribution in [2.24, 2.45) is 5.10 Å².